The highest BCUT2D eigenvalue weighted by Crippen LogP contribution is 2.30. The first kappa shape index (κ1) is 22.9. The summed E-state index contributed by atoms with van der Waals surface area (Å²) in [5, 5.41) is 0. The predicted molar refractivity (Wildman–Crippen MR) is 116 cm³/mol. The first-order valence-corrected chi connectivity index (χ1v) is 12.8. The molecule has 1 saturated heterocycles. The second-order valence-electron chi connectivity index (χ2n) is 6.70. The van der Waals surface area contributed by atoms with Gasteiger partial charge in [-0.25, -0.2) is 21.6 Å². The summed E-state index contributed by atoms with van der Waals surface area (Å²) in [6.07, 6.45) is 0.536. The molecule has 1 heterocycles. The lowest BCUT2D eigenvalue weighted by molar-refractivity contribution is 0.0981. The van der Waals surface area contributed by atoms with E-state index in [-0.39, 0.29) is 22.0 Å². The van der Waals surface area contributed by atoms with E-state index >= 15 is 0 Å². The Morgan fingerprint density at radius 3 is 2.26 bits per heavy atom. The standard InChI is InChI=1S/C20H24N2O7S2/c1-3-28-18-11-10-17(14-19(18)29-4-2)31(26,27)21-20(23)15-6-8-16(9-7-15)22-12-5-13-30(22,24)25/h6-11,14H,3-5,12-13H2,1-2H3,(H,21,23). The van der Waals surface area contributed by atoms with Crippen molar-refractivity contribution in [2.75, 3.05) is 29.8 Å². The molecular formula is C20H24N2O7S2. The number of ether oxygens (including phenoxy) is 2. The van der Waals surface area contributed by atoms with Crippen molar-refractivity contribution in [1.82, 2.24) is 4.72 Å². The molecule has 0 spiro atoms. The fourth-order valence-corrected chi connectivity index (χ4v) is 5.70. The maximum absolute atomic E-state index is 12.7. The minimum Gasteiger partial charge on any atom is -0.490 e. The third-order valence-corrected chi connectivity index (χ3v) is 7.77. The number of sulfonamides is 2. The van der Waals surface area contributed by atoms with Gasteiger partial charge in [0.25, 0.3) is 15.9 Å². The molecule has 9 nitrogen and oxygen atoms in total. The molecule has 11 heteroatoms. The Morgan fingerprint density at radius 2 is 1.68 bits per heavy atom. The molecule has 168 valence electrons. The molecule has 2 aromatic rings. The third kappa shape index (κ3) is 5.10. The average Bonchev–Trinajstić information content (AvgIpc) is 3.08. The van der Waals surface area contributed by atoms with Crippen LogP contribution in [-0.4, -0.2) is 48.3 Å². The second-order valence-corrected chi connectivity index (χ2v) is 10.4. The van der Waals surface area contributed by atoms with E-state index in [1.807, 2.05) is 4.72 Å². The zero-order valence-corrected chi connectivity index (χ0v) is 18.8. The molecular weight excluding hydrogens is 444 g/mol. The molecule has 0 saturated carbocycles. The van der Waals surface area contributed by atoms with Gasteiger partial charge in [0.05, 0.1) is 29.5 Å². The highest BCUT2D eigenvalue weighted by Gasteiger charge is 2.28. The van der Waals surface area contributed by atoms with Crippen LogP contribution in [0.1, 0.15) is 30.6 Å². The number of hydrogen-bond acceptors (Lipinski definition) is 7. The normalized spacial score (nSPS) is 15.5. The Labute approximate surface area is 182 Å². The number of hydrogen-bond donors (Lipinski definition) is 1. The van der Waals surface area contributed by atoms with Gasteiger partial charge >= 0.3 is 0 Å². The second kappa shape index (κ2) is 9.15. The molecule has 3 rings (SSSR count). The highest BCUT2D eigenvalue weighted by molar-refractivity contribution is 7.93. The number of amides is 1. The summed E-state index contributed by atoms with van der Waals surface area (Å²) >= 11 is 0. The molecule has 2 aromatic carbocycles. The van der Waals surface area contributed by atoms with E-state index in [0.717, 1.165) is 0 Å². The molecule has 0 atom stereocenters. The van der Waals surface area contributed by atoms with Gasteiger partial charge in [0.15, 0.2) is 11.5 Å². The zero-order chi connectivity index (χ0) is 22.6. The van der Waals surface area contributed by atoms with Crippen LogP contribution in [0, 0.1) is 0 Å². The van der Waals surface area contributed by atoms with Gasteiger partial charge in [-0.1, -0.05) is 0 Å². The molecule has 1 aliphatic heterocycles. The maximum Gasteiger partial charge on any atom is 0.264 e. The van der Waals surface area contributed by atoms with Crippen molar-refractivity contribution >= 4 is 31.6 Å². The largest absolute Gasteiger partial charge is 0.490 e. The summed E-state index contributed by atoms with van der Waals surface area (Å²) in [5.41, 5.74) is 0.518. The Kier molecular flexibility index (Phi) is 6.75. The minimum atomic E-state index is -4.17. The highest BCUT2D eigenvalue weighted by atomic mass is 32.2. The summed E-state index contributed by atoms with van der Waals surface area (Å²) in [6.45, 7) is 4.63. The summed E-state index contributed by atoms with van der Waals surface area (Å²) in [5.74, 6) is -0.0835. The van der Waals surface area contributed by atoms with E-state index < -0.39 is 26.0 Å². The Bertz CT molecular complexity index is 1160. The van der Waals surface area contributed by atoms with Gasteiger partial charge in [-0.05, 0) is 56.7 Å². The zero-order valence-electron chi connectivity index (χ0n) is 17.2. The van der Waals surface area contributed by atoms with Crippen LogP contribution in [0.2, 0.25) is 0 Å². The van der Waals surface area contributed by atoms with Crippen LogP contribution in [0.15, 0.2) is 47.4 Å². The van der Waals surface area contributed by atoms with E-state index in [2.05, 4.69) is 0 Å². The van der Waals surface area contributed by atoms with Crippen LogP contribution in [0.4, 0.5) is 5.69 Å². The molecule has 1 N–H and O–H groups in total. The smallest absolute Gasteiger partial charge is 0.264 e. The molecule has 1 aliphatic rings. The van der Waals surface area contributed by atoms with Crippen molar-refractivity contribution in [3.8, 4) is 11.5 Å². The fourth-order valence-electron chi connectivity index (χ4n) is 3.15. The lowest BCUT2D eigenvalue weighted by Gasteiger charge is -2.17. The van der Waals surface area contributed by atoms with Gasteiger partial charge in [-0.3, -0.25) is 9.10 Å². The van der Waals surface area contributed by atoms with Gasteiger partial charge in [0.2, 0.25) is 10.0 Å². The van der Waals surface area contributed by atoms with Crippen LogP contribution in [0.3, 0.4) is 0 Å². The van der Waals surface area contributed by atoms with Crippen molar-refractivity contribution in [1.29, 1.82) is 0 Å². The van der Waals surface area contributed by atoms with Crippen molar-refractivity contribution in [2.24, 2.45) is 0 Å². The molecule has 0 unspecified atom stereocenters. The summed E-state index contributed by atoms with van der Waals surface area (Å²) in [7, 11) is -7.51. The fraction of sp³-hybridized carbons (Fsp3) is 0.350. The number of anilines is 1. The minimum absolute atomic E-state index is 0.0826. The number of carbonyl (C=O) groups excluding carboxylic acids is 1. The average molecular weight is 469 g/mol. The van der Waals surface area contributed by atoms with Crippen LogP contribution in [-0.2, 0) is 20.0 Å². The molecule has 0 radical (unpaired) electrons. The third-order valence-electron chi connectivity index (χ3n) is 4.57. The SMILES string of the molecule is CCOc1ccc(S(=O)(=O)NC(=O)c2ccc(N3CCCS3(=O)=O)cc2)cc1OCC. The van der Waals surface area contributed by atoms with Gasteiger partial charge < -0.3 is 9.47 Å². The van der Waals surface area contributed by atoms with Gasteiger partial charge in [0.1, 0.15) is 0 Å². The first-order valence-electron chi connectivity index (χ1n) is 9.75. The topological polar surface area (TPSA) is 119 Å². The monoisotopic (exact) mass is 468 g/mol. The molecule has 31 heavy (non-hydrogen) atoms. The van der Waals surface area contributed by atoms with Crippen molar-refractivity contribution in [3.05, 3.63) is 48.0 Å². The van der Waals surface area contributed by atoms with Crippen LogP contribution >= 0.6 is 0 Å². The van der Waals surface area contributed by atoms with Crippen LogP contribution in [0.25, 0.3) is 0 Å². The van der Waals surface area contributed by atoms with Crippen molar-refractivity contribution < 1.29 is 31.1 Å². The molecule has 0 aromatic heterocycles. The van der Waals surface area contributed by atoms with Gasteiger partial charge in [-0.15, -0.1) is 0 Å². The number of carbonyl (C=O) groups is 1. The quantitative estimate of drug-likeness (QED) is 0.630. The number of nitrogens with one attached hydrogen (secondary N) is 1. The molecule has 0 bridgehead atoms. The van der Waals surface area contributed by atoms with Crippen molar-refractivity contribution in [3.63, 3.8) is 0 Å². The van der Waals surface area contributed by atoms with E-state index in [0.29, 0.717) is 37.6 Å². The molecule has 0 aliphatic carbocycles. The maximum atomic E-state index is 12.7. The Morgan fingerprint density at radius 1 is 1.03 bits per heavy atom. The number of benzene rings is 2. The van der Waals surface area contributed by atoms with E-state index in [4.69, 9.17) is 9.47 Å². The van der Waals surface area contributed by atoms with E-state index in [1.54, 1.807) is 13.8 Å². The first-order chi connectivity index (χ1) is 14.7. The van der Waals surface area contributed by atoms with Crippen LogP contribution < -0.4 is 18.5 Å². The van der Waals surface area contributed by atoms with Crippen molar-refractivity contribution in [2.45, 2.75) is 25.2 Å². The van der Waals surface area contributed by atoms with Crippen LogP contribution in [0.5, 0.6) is 11.5 Å². The van der Waals surface area contributed by atoms with E-state index in [1.165, 1.54) is 46.8 Å². The lowest BCUT2D eigenvalue weighted by Crippen LogP contribution is -2.30. The molecule has 1 amide bonds. The predicted octanol–water partition coefficient (Wildman–Crippen LogP) is 2.14. The van der Waals surface area contributed by atoms with Gasteiger partial charge in [0, 0.05) is 18.2 Å². The number of nitrogens with zero attached hydrogens (tertiary/aromatic N) is 1. The lowest BCUT2D eigenvalue weighted by atomic mass is 10.2. The Hall–Kier alpha value is -2.79. The van der Waals surface area contributed by atoms with Gasteiger partial charge in [-0.2, -0.15) is 0 Å². The van der Waals surface area contributed by atoms with E-state index in [9.17, 15) is 21.6 Å². The number of rotatable bonds is 8. The Balaban J connectivity index is 1.78. The molecule has 1 fully saturated rings. The summed E-state index contributed by atoms with van der Waals surface area (Å²) in [4.78, 5) is 12.3. The summed E-state index contributed by atoms with van der Waals surface area (Å²) < 4.78 is 63.6. The summed E-state index contributed by atoms with van der Waals surface area (Å²) in [6, 6.07) is 9.83.